The lowest BCUT2D eigenvalue weighted by molar-refractivity contribution is -0.150. The number of nitrogen functional groups attached to an aromatic ring is 1. The molecule has 4 N–H and O–H groups in total. The molecule has 41 heavy (non-hydrogen) atoms. The maximum atomic E-state index is 13.0. The van der Waals surface area contributed by atoms with Crippen LogP contribution in [0.5, 0.6) is 0 Å². The van der Waals surface area contributed by atoms with Gasteiger partial charge in [-0.05, 0) is 5.57 Å². The van der Waals surface area contributed by atoms with E-state index >= 15 is 0 Å². The summed E-state index contributed by atoms with van der Waals surface area (Å²) in [6.45, 7) is 0.569. The van der Waals surface area contributed by atoms with Crippen molar-refractivity contribution < 1.29 is 43.4 Å². The molecule has 20 heteroatoms. The minimum absolute atomic E-state index is 0.118. The van der Waals surface area contributed by atoms with Crippen LogP contribution in [0.1, 0.15) is 23.2 Å². The quantitative estimate of drug-likeness (QED) is 0.0707. The van der Waals surface area contributed by atoms with E-state index in [-0.39, 0.29) is 44.7 Å². The van der Waals surface area contributed by atoms with Crippen LogP contribution in [-0.4, -0.2) is 102 Å². The van der Waals surface area contributed by atoms with Gasteiger partial charge in [-0.15, -0.1) is 28.2 Å². The van der Waals surface area contributed by atoms with Gasteiger partial charge in [-0.25, -0.2) is 19.3 Å². The summed E-state index contributed by atoms with van der Waals surface area (Å²) in [5.41, 5.74) is 5.86. The summed E-state index contributed by atoms with van der Waals surface area (Å²) in [5, 5.41) is 21.5. The largest absolute Gasteiger partial charge is 0.477 e. The number of thiazole rings is 1. The smallest absolute Gasteiger partial charge is 0.381 e. The van der Waals surface area contributed by atoms with Crippen LogP contribution in [-0.2, 0) is 40.5 Å². The Labute approximate surface area is 243 Å². The van der Waals surface area contributed by atoms with Gasteiger partial charge in [-0.3, -0.25) is 19.3 Å². The highest BCUT2D eigenvalue weighted by Gasteiger charge is 2.54. The Bertz CT molecular complexity index is 1470. The van der Waals surface area contributed by atoms with E-state index in [1.54, 1.807) is 0 Å². The van der Waals surface area contributed by atoms with Gasteiger partial charge in [0.25, 0.3) is 17.6 Å². The van der Waals surface area contributed by atoms with E-state index in [2.05, 4.69) is 30.3 Å². The molecule has 2 aliphatic heterocycles. The second kappa shape index (κ2) is 12.6. The van der Waals surface area contributed by atoms with Crippen molar-refractivity contribution in [2.75, 3.05) is 31.1 Å². The van der Waals surface area contributed by atoms with Crippen molar-refractivity contribution in [1.82, 2.24) is 30.0 Å². The van der Waals surface area contributed by atoms with E-state index in [9.17, 15) is 29.1 Å². The number of β-lactam (4-membered cyclic amide) rings is 1. The lowest BCUT2D eigenvalue weighted by Gasteiger charge is -2.49. The first kappa shape index (κ1) is 29.8. The summed E-state index contributed by atoms with van der Waals surface area (Å²) < 4.78 is 10.6. The number of hydrogen-bond donors (Lipinski definition) is 3. The molecule has 0 aromatic carbocycles. The molecule has 0 radical (unpaired) electrons. The predicted molar refractivity (Wildman–Crippen MR) is 144 cm³/mol. The zero-order valence-electron chi connectivity index (χ0n) is 21.6. The second-order valence-electron chi connectivity index (χ2n) is 8.13. The number of nitrogens with zero attached hydrogens (tertiary/aromatic N) is 6. The van der Waals surface area contributed by atoms with Crippen molar-refractivity contribution in [3.8, 4) is 0 Å². The molecule has 0 unspecified atom stereocenters. The number of aliphatic carboxylic acids is 1. The monoisotopic (exact) mass is 626 g/mol. The number of nitrogens with two attached hydrogens (primary N) is 1. The number of carbonyl (C=O) groups excluding carboxylic acids is 4. The lowest BCUT2D eigenvalue weighted by Crippen LogP contribution is -2.71. The molecule has 0 saturated carbocycles. The van der Waals surface area contributed by atoms with Gasteiger partial charge >= 0.3 is 17.9 Å². The Morgan fingerprint density at radius 3 is 2.68 bits per heavy atom. The van der Waals surface area contributed by atoms with Crippen LogP contribution in [0.4, 0.5) is 5.13 Å². The molecular weight excluding hydrogens is 604 g/mol. The van der Waals surface area contributed by atoms with E-state index < -0.39 is 47.9 Å². The highest BCUT2D eigenvalue weighted by Crippen LogP contribution is 2.41. The Kier molecular flexibility index (Phi) is 9.13. The SMILES string of the molecule is CON=C(C(=O)N[C@@H]1C(=O)N2C(C(=O)O)=C(CSc3nc(C(=O)OCOC(C)=O)nn3C)CS[C@H]12)c1csc(N)n1. The Morgan fingerprint density at radius 1 is 1.29 bits per heavy atom. The first-order chi connectivity index (χ1) is 19.5. The zero-order valence-corrected chi connectivity index (χ0v) is 24.0. The number of aromatic nitrogens is 4. The van der Waals surface area contributed by atoms with Gasteiger partial charge in [0.1, 0.15) is 29.9 Å². The molecule has 218 valence electrons. The Balaban J connectivity index is 1.43. The molecule has 2 aliphatic rings. The summed E-state index contributed by atoms with van der Waals surface area (Å²) in [4.78, 5) is 75.0. The summed E-state index contributed by atoms with van der Waals surface area (Å²) in [6.07, 6.45) is 0. The second-order valence-corrected chi connectivity index (χ2v) is 11.1. The number of oxime groups is 1. The fourth-order valence-corrected chi connectivity index (χ4v) is 6.60. The third-order valence-corrected chi connectivity index (χ3v) is 8.55. The van der Waals surface area contributed by atoms with Crippen LogP contribution in [0.25, 0.3) is 0 Å². The highest BCUT2D eigenvalue weighted by atomic mass is 32.2. The molecule has 2 amide bonds. The average molecular weight is 627 g/mol. The number of thioether (sulfide) groups is 2. The van der Waals surface area contributed by atoms with Gasteiger partial charge in [-0.1, -0.05) is 16.9 Å². The third-order valence-electron chi connectivity index (χ3n) is 5.43. The maximum absolute atomic E-state index is 13.0. The molecule has 2 atom stereocenters. The first-order valence-electron chi connectivity index (χ1n) is 11.4. The Hall–Kier alpha value is -4.17. The number of rotatable bonds is 11. The van der Waals surface area contributed by atoms with Gasteiger partial charge in [0.15, 0.2) is 16.0 Å². The number of amides is 2. The predicted octanol–water partition coefficient (Wildman–Crippen LogP) is -0.587. The number of hydrogen-bond acceptors (Lipinski definition) is 16. The average Bonchev–Trinajstić information content (AvgIpc) is 3.52. The molecule has 17 nitrogen and oxygen atoms in total. The molecule has 4 heterocycles. The van der Waals surface area contributed by atoms with Crippen LogP contribution in [0.2, 0.25) is 0 Å². The Morgan fingerprint density at radius 2 is 2.05 bits per heavy atom. The van der Waals surface area contributed by atoms with Crippen LogP contribution >= 0.6 is 34.9 Å². The summed E-state index contributed by atoms with van der Waals surface area (Å²) in [7, 11) is 2.78. The van der Waals surface area contributed by atoms with Gasteiger partial charge in [-0.2, -0.15) is 4.98 Å². The first-order valence-corrected chi connectivity index (χ1v) is 14.3. The van der Waals surface area contributed by atoms with Crippen molar-refractivity contribution in [3.05, 3.63) is 28.2 Å². The number of carboxylic acid groups (broad SMARTS) is 1. The van der Waals surface area contributed by atoms with Gasteiger partial charge in [0, 0.05) is 30.9 Å². The zero-order chi connectivity index (χ0) is 29.8. The van der Waals surface area contributed by atoms with Crippen molar-refractivity contribution in [2.24, 2.45) is 12.2 Å². The van der Waals surface area contributed by atoms with E-state index in [1.165, 1.54) is 36.0 Å². The van der Waals surface area contributed by atoms with Crippen molar-refractivity contribution in [2.45, 2.75) is 23.5 Å². The number of carbonyl (C=O) groups is 5. The molecule has 2 aromatic heterocycles. The number of esters is 2. The highest BCUT2D eigenvalue weighted by molar-refractivity contribution is 8.01. The van der Waals surface area contributed by atoms with Crippen LogP contribution in [0, 0.1) is 0 Å². The van der Waals surface area contributed by atoms with E-state index in [4.69, 9.17) is 15.3 Å². The molecule has 4 rings (SSSR count). The van der Waals surface area contributed by atoms with Crippen molar-refractivity contribution >= 4 is 75.4 Å². The molecule has 0 spiro atoms. The molecule has 1 saturated heterocycles. The number of anilines is 1. The standard InChI is InChI=1S/C21H22N8O9S3/c1-8(30)37-7-38-19(35)14-25-21(28(2)26-14)41-5-9-4-39-17-12(16(32)29(17)13(9)18(33)34)24-15(31)11(27-36-3)10-6-40-20(22)23-10/h6,12,17H,4-5,7H2,1-3H3,(H2,22,23)(H,24,31)(H,33,34)/t12-,17-/m1/s1. The number of ether oxygens (including phenoxy) is 2. The van der Waals surface area contributed by atoms with Crippen molar-refractivity contribution in [1.29, 1.82) is 0 Å². The molecule has 0 aliphatic carbocycles. The number of carboxylic acids is 1. The molecule has 0 bridgehead atoms. The van der Waals surface area contributed by atoms with Crippen LogP contribution in [0.3, 0.4) is 0 Å². The topological polar surface area (TPSA) is 231 Å². The fourth-order valence-electron chi connectivity index (χ4n) is 3.66. The minimum atomic E-state index is -1.31. The lowest BCUT2D eigenvalue weighted by atomic mass is 10.0. The third kappa shape index (κ3) is 6.43. The van der Waals surface area contributed by atoms with Gasteiger partial charge < -0.3 is 30.5 Å². The van der Waals surface area contributed by atoms with Crippen molar-refractivity contribution in [3.63, 3.8) is 0 Å². The van der Waals surface area contributed by atoms with E-state index in [0.717, 1.165) is 34.9 Å². The summed E-state index contributed by atoms with van der Waals surface area (Å²) in [5.74, 6) is -4.11. The maximum Gasteiger partial charge on any atom is 0.381 e. The number of fused-ring (bicyclic) bond motifs is 1. The molecule has 1 fully saturated rings. The normalized spacial score (nSPS) is 18.4. The van der Waals surface area contributed by atoms with Crippen LogP contribution < -0.4 is 11.1 Å². The van der Waals surface area contributed by atoms with Crippen LogP contribution in [0.15, 0.2) is 27.0 Å². The van der Waals surface area contributed by atoms with Gasteiger partial charge in [0.05, 0.1) is 0 Å². The summed E-state index contributed by atoms with van der Waals surface area (Å²) >= 11 is 3.47. The van der Waals surface area contributed by atoms with E-state index in [0.29, 0.717) is 5.57 Å². The molecular formula is C21H22N8O9S3. The minimum Gasteiger partial charge on any atom is -0.477 e. The molecule has 2 aromatic rings. The fraction of sp³-hybridized carbons (Fsp3) is 0.381. The van der Waals surface area contributed by atoms with E-state index in [1.807, 2.05) is 0 Å². The number of nitrogens with one attached hydrogen (secondary N) is 1. The van der Waals surface area contributed by atoms with Gasteiger partial charge in [0.2, 0.25) is 6.79 Å². The number of aryl methyl sites for hydroxylation is 1. The summed E-state index contributed by atoms with van der Waals surface area (Å²) in [6, 6.07) is -1.01.